The fourth-order valence-corrected chi connectivity index (χ4v) is 2.09. The standard InChI is InChI=1S/C12H22N4O/c1-3-13-12-14-11(2)10-16(12)5-4-15-6-8-17-9-7-15/h10H,3-9H2,1-2H3,(H,13,14). The third-order valence-corrected chi connectivity index (χ3v) is 2.99. The van der Waals surface area contributed by atoms with Gasteiger partial charge in [-0.2, -0.15) is 0 Å². The second-order valence-electron chi connectivity index (χ2n) is 4.38. The van der Waals surface area contributed by atoms with Crippen LogP contribution in [0.25, 0.3) is 0 Å². The normalized spacial score (nSPS) is 17.3. The van der Waals surface area contributed by atoms with Gasteiger partial charge in [-0.25, -0.2) is 4.98 Å². The number of nitrogens with one attached hydrogen (secondary N) is 1. The molecule has 17 heavy (non-hydrogen) atoms. The number of aromatic nitrogens is 2. The van der Waals surface area contributed by atoms with Crippen molar-refractivity contribution in [1.29, 1.82) is 0 Å². The first-order chi connectivity index (χ1) is 8.29. The van der Waals surface area contributed by atoms with E-state index in [-0.39, 0.29) is 0 Å². The number of hydrogen-bond acceptors (Lipinski definition) is 4. The molecule has 0 bridgehead atoms. The molecule has 0 aromatic carbocycles. The first kappa shape index (κ1) is 12.4. The molecule has 0 aliphatic carbocycles. The van der Waals surface area contributed by atoms with Gasteiger partial charge in [-0.05, 0) is 13.8 Å². The van der Waals surface area contributed by atoms with Crippen LogP contribution >= 0.6 is 0 Å². The highest BCUT2D eigenvalue weighted by molar-refractivity contribution is 5.28. The zero-order valence-corrected chi connectivity index (χ0v) is 10.8. The van der Waals surface area contributed by atoms with E-state index in [9.17, 15) is 0 Å². The number of imidazole rings is 1. The van der Waals surface area contributed by atoms with Gasteiger partial charge in [0.25, 0.3) is 0 Å². The maximum absolute atomic E-state index is 5.34. The quantitative estimate of drug-likeness (QED) is 0.829. The SMILES string of the molecule is CCNc1nc(C)cn1CCN1CCOCC1. The highest BCUT2D eigenvalue weighted by atomic mass is 16.5. The second-order valence-corrected chi connectivity index (χ2v) is 4.38. The Morgan fingerprint density at radius 2 is 2.12 bits per heavy atom. The average Bonchev–Trinajstić information content (AvgIpc) is 2.69. The van der Waals surface area contributed by atoms with E-state index >= 15 is 0 Å². The van der Waals surface area contributed by atoms with Crippen LogP contribution in [-0.2, 0) is 11.3 Å². The zero-order valence-electron chi connectivity index (χ0n) is 10.8. The first-order valence-electron chi connectivity index (χ1n) is 6.37. The number of hydrogen-bond donors (Lipinski definition) is 1. The number of morpholine rings is 1. The van der Waals surface area contributed by atoms with Gasteiger partial charge in [-0.1, -0.05) is 0 Å². The van der Waals surface area contributed by atoms with Crippen LogP contribution in [0.3, 0.4) is 0 Å². The Labute approximate surface area is 103 Å². The zero-order chi connectivity index (χ0) is 12.1. The lowest BCUT2D eigenvalue weighted by atomic mass is 10.4. The van der Waals surface area contributed by atoms with E-state index in [1.807, 2.05) is 6.92 Å². The lowest BCUT2D eigenvalue weighted by Gasteiger charge is -2.26. The fourth-order valence-electron chi connectivity index (χ4n) is 2.09. The molecular formula is C12H22N4O. The van der Waals surface area contributed by atoms with E-state index in [2.05, 4.69) is 32.9 Å². The number of ether oxygens (including phenoxy) is 1. The Balaban J connectivity index is 1.88. The summed E-state index contributed by atoms with van der Waals surface area (Å²) in [6.45, 7) is 10.9. The number of anilines is 1. The minimum Gasteiger partial charge on any atom is -0.379 e. The van der Waals surface area contributed by atoms with Crippen molar-refractivity contribution < 1.29 is 4.74 Å². The third-order valence-electron chi connectivity index (χ3n) is 2.99. The van der Waals surface area contributed by atoms with E-state index in [1.165, 1.54) is 0 Å². The van der Waals surface area contributed by atoms with Gasteiger partial charge in [-0.15, -0.1) is 0 Å². The van der Waals surface area contributed by atoms with Crippen molar-refractivity contribution in [2.75, 3.05) is 44.7 Å². The number of aryl methyl sites for hydroxylation is 1. The fraction of sp³-hybridized carbons (Fsp3) is 0.750. The van der Waals surface area contributed by atoms with Gasteiger partial charge in [0, 0.05) is 38.9 Å². The predicted molar refractivity (Wildman–Crippen MR) is 68.4 cm³/mol. The Morgan fingerprint density at radius 1 is 1.35 bits per heavy atom. The molecule has 1 aromatic heterocycles. The second kappa shape index (κ2) is 6.02. The smallest absolute Gasteiger partial charge is 0.203 e. The highest BCUT2D eigenvalue weighted by Crippen LogP contribution is 2.08. The molecule has 0 radical (unpaired) electrons. The third kappa shape index (κ3) is 3.44. The van der Waals surface area contributed by atoms with E-state index in [1.54, 1.807) is 0 Å². The minimum atomic E-state index is 0.864. The number of nitrogens with zero attached hydrogens (tertiary/aromatic N) is 3. The molecular weight excluding hydrogens is 216 g/mol. The summed E-state index contributed by atoms with van der Waals surface area (Å²) in [5, 5.41) is 3.29. The van der Waals surface area contributed by atoms with Gasteiger partial charge in [0.05, 0.1) is 18.9 Å². The monoisotopic (exact) mass is 238 g/mol. The Morgan fingerprint density at radius 3 is 2.82 bits per heavy atom. The maximum Gasteiger partial charge on any atom is 0.203 e. The first-order valence-corrected chi connectivity index (χ1v) is 6.37. The Hall–Kier alpha value is -1.07. The largest absolute Gasteiger partial charge is 0.379 e. The topological polar surface area (TPSA) is 42.3 Å². The van der Waals surface area contributed by atoms with Crippen molar-refractivity contribution >= 4 is 5.95 Å². The molecule has 1 aliphatic heterocycles. The summed E-state index contributed by atoms with van der Waals surface area (Å²) in [6.07, 6.45) is 2.11. The lowest BCUT2D eigenvalue weighted by Crippen LogP contribution is -2.38. The molecule has 1 fully saturated rings. The number of rotatable bonds is 5. The minimum absolute atomic E-state index is 0.864. The van der Waals surface area contributed by atoms with Gasteiger partial charge in [-0.3, -0.25) is 4.90 Å². The molecule has 0 unspecified atom stereocenters. The van der Waals surface area contributed by atoms with E-state index in [0.29, 0.717) is 0 Å². The molecule has 1 aromatic rings. The summed E-state index contributed by atoms with van der Waals surface area (Å²) in [5.41, 5.74) is 1.07. The van der Waals surface area contributed by atoms with Crippen molar-refractivity contribution in [3.63, 3.8) is 0 Å². The highest BCUT2D eigenvalue weighted by Gasteiger charge is 2.11. The molecule has 2 heterocycles. The molecule has 1 N–H and O–H groups in total. The Kier molecular flexibility index (Phi) is 4.39. The molecule has 0 amide bonds. The van der Waals surface area contributed by atoms with Crippen molar-refractivity contribution in [1.82, 2.24) is 14.5 Å². The summed E-state index contributed by atoms with van der Waals surface area (Å²) in [7, 11) is 0. The molecule has 2 rings (SSSR count). The van der Waals surface area contributed by atoms with Crippen molar-refractivity contribution in [2.24, 2.45) is 0 Å². The van der Waals surface area contributed by atoms with Crippen LogP contribution in [-0.4, -0.2) is 53.8 Å². The van der Waals surface area contributed by atoms with Crippen LogP contribution in [0.5, 0.6) is 0 Å². The Bertz CT molecular complexity index is 344. The average molecular weight is 238 g/mol. The molecule has 1 saturated heterocycles. The summed E-state index contributed by atoms with van der Waals surface area (Å²) in [6, 6.07) is 0. The molecule has 0 atom stereocenters. The van der Waals surface area contributed by atoms with Crippen molar-refractivity contribution in [3.05, 3.63) is 11.9 Å². The van der Waals surface area contributed by atoms with Crippen LogP contribution in [0.2, 0.25) is 0 Å². The van der Waals surface area contributed by atoms with Gasteiger partial charge in [0.15, 0.2) is 0 Å². The molecule has 5 heteroatoms. The molecule has 0 spiro atoms. The van der Waals surface area contributed by atoms with Crippen molar-refractivity contribution in [2.45, 2.75) is 20.4 Å². The van der Waals surface area contributed by atoms with Crippen LogP contribution in [0, 0.1) is 6.92 Å². The molecule has 96 valence electrons. The summed E-state index contributed by atoms with van der Waals surface area (Å²) >= 11 is 0. The van der Waals surface area contributed by atoms with Gasteiger partial charge in [0.1, 0.15) is 0 Å². The molecule has 0 saturated carbocycles. The van der Waals surface area contributed by atoms with Crippen LogP contribution in [0.4, 0.5) is 5.95 Å². The van der Waals surface area contributed by atoms with Gasteiger partial charge < -0.3 is 14.6 Å². The molecule has 5 nitrogen and oxygen atoms in total. The maximum atomic E-state index is 5.34. The summed E-state index contributed by atoms with van der Waals surface area (Å²) in [5.74, 6) is 0.984. The molecule has 1 aliphatic rings. The summed E-state index contributed by atoms with van der Waals surface area (Å²) in [4.78, 5) is 6.91. The van der Waals surface area contributed by atoms with E-state index in [0.717, 1.165) is 57.6 Å². The summed E-state index contributed by atoms with van der Waals surface area (Å²) < 4.78 is 7.55. The van der Waals surface area contributed by atoms with Crippen LogP contribution < -0.4 is 5.32 Å². The van der Waals surface area contributed by atoms with Crippen LogP contribution in [0.15, 0.2) is 6.20 Å². The van der Waals surface area contributed by atoms with E-state index < -0.39 is 0 Å². The van der Waals surface area contributed by atoms with Gasteiger partial charge >= 0.3 is 0 Å². The predicted octanol–water partition coefficient (Wildman–Crippen LogP) is 0.956. The van der Waals surface area contributed by atoms with E-state index in [4.69, 9.17) is 4.74 Å². The van der Waals surface area contributed by atoms with Crippen LogP contribution in [0.1, 0.15) is 12.6 Å². The van der Waals surface area contributed by atoms with Crippen molar-refractivity contribution in [3.8, 4) is 0 Å². The lowest BCUT2D eigenvalue weighted by molar-refractivity contribution is 0.0364. The van der Waals surface area contributed by atoms with Gasteiger partial charge in [0.2, 0.25) is 5.95 Å².